The molecule has 446 valence electrons. The molecule has 6 N–H and O–H groups in total. The minimum atomic E-state index is -5.08. The summed E-state index contributed by atoms with van der Waals surface area (Å²) in [6.07, 6.45) is 55.2. The van der Waals surface area contributed by atoms with Gasteiger partial charge < -0.3 is 35.2 Å². The molecule has 0 radical (unpaired) electrons. The quantitative estimate of drug-likeness (QED) is 0.0193. The summed E-state index contributed by atoms with van der Waals surface area (Å²) in [5.74, 6) is -0.223. The van der Waals surface area contributed by atoms with Crippen molar-refractivity contribution in [2.75, 3.05) is 13.2 Å². The first-order valence-corrected chi connectivity index (χ1v) is 33.4. The van der Waals surface area contributed by atoms with Crippen molar-refractivity contribution in [1.82, 2.24) is 5.32 Å². The summed E-state index contributed by atoms with van der Waals surface area (Å²) in [5.41, 5.74) is 0. The Bertz CT molecular complexity index is 1370. The van der Waals surface area contributed by atoms with Gasteiger partial charge in [-0.3, -0.25) is 9.35 Å². The fourth-order valence-electron chi connectivity index (χ4n) is 10.6. The first kappa shape index (κ1) is 71.9. The summed E-state index contributed by atoms with van der Waals surface area (Å²) >= 11 is 0. The van der Waals surface area contributed by atoms with Crippen molar-refractivity contribution in [2.24, 2.45) is 0 Å². The molecule has 0 spiro atoms. The molecule has 0 saturated carbocycles. The van der Waals surface area contributed by atoms with E-state index in [-0.39, 0.29) is 12.5 Å². The maximum atomic E-state index is 13.2. The van der Waals surface area contributed by atoms with Crippen LogP contribution in [0, 0.1) is 0 Å². The third kappa shape index (κ3) is 44.3. The van der Waals surface area contributed by atoms with Gasteiger partial charge in [-0.2, -0.15) is 8.42 Å². The number of unbranched alkanes of at least 4 members (excludes halogenated alkanes) is 43. The summed E-state index contributed by atoms with van der Waals surface area (Å²) in [7, 11) is -5.08. The Balaban J connectivity index is 2.26. The van der Waals surface area contributed by atoms with Crippen LogP contribution < -0.4 is 5.32 Å². The van der Waals surface area contributed by atoms with E-state index >= 15 is 0 Å². The number of rotatable bonds is 57. The Kier molecular flexibility index (Phi) is 50.0. The second-order valence-electron chi connectivity index (χ2n) is 22.7. The van der Waals surface area contributed by atoms with Gasteiger partial charge in [-0.15, -0.1) is 0 Å². The Morgan fingerprint density at radius 3 is 1.20 bits per heavy atom. The van der Waals surface area contributed by atoms with Gasteiger partial charge in [0.2, 0.25) is 5.91 Å². The summed E-state index contributed by atoms with van der Waals surface area (Å²) in [6.45, 7) is 3.51. The number of aliphatic hydroxyl groups excluding tert-OH is 4. The number of aliphatic hydroxyl groups is 4. The average Bonchev–Trinajstić information content (AvgIpc) is 3.39. The largest absolute Gasteiger partial charge is 0.397 e. The zero-order valence-corrected chi connectivity index (χ0v) is 49.5. The third-order valence-corrected chi connectivity index (χ3v) is 16.0. The summed E-state index contributed by atoms with van der Waals surface area (Å²) in [5, 5.41) is 45.2. The van der Waals surface area contributed by atoms with Crippen LogP contribution in [0.3, 0.4) is 0 Å². The Morgan fingerprint density at radius 2 is 0.853 bits per heavy atom. The van der Waals surface area contributed by atoms with E-state index in [0.29, 0.717) is 12.8 Å². The third-order valence-electron chi connectivity index (χ3n) is 15.6. The lowest BCUT2D eigenvalue weighted by Gasteiger charge is -2.41. The molecule has 0 aromatic heterocycles. The zero-order valence-electron chi connectivity index (χ0n) is 48.6. The van der Waals surface area contributed by atoms with E-state index in [1.54, 1.807) is 0 Å². The van der Waals surface area contributed by atoms with Crippen molar-refractivity contribution in [2.45, 2.75) is 365 Å². The standard InChI is InChI=1S/C62H121NO11S/c1-3-5-7-9-11-13-15-17-19-21-23-24-25-26-27-28-29-30-31-32-34-36-38-40-42-44-46-48-50-52-58(66)63-55(54-72-62-60(68)61(74-75(69,70)71)59(67)57(53-64)73-62)56(65)51-49-47-45-43-41-39-37-35-33-22-20-18-16-14-12-10-8-6-4-2/h26-27,55-57,59-62,64-65,67-68H,3-25,28-54H2,1-2H3,(H,63,66)(H,69,70,71)/b27-26-. The molecule has 7 atom stereocenters. The van der Waals surface area contributed by atoms with Gasteiger partial charge in [-0.1, -0.05) is 289 Å². The molecule has 0 aromatic rings. The van der Waals surface area contributed by atoms with Crippen LogP contribution in [0.2, 0.25) is 0 Å². The van der Waals surface area contributed by atoms with Crippen LogP contribution in [-0.4, -0.2) is 95.4 Å². The molecule has 13 heteroatoms. The molecule has 1 heterocycles. The van der Waals surface area contributed by atoms with E-state index < -0.39 is 59.9 Å². The molecule has 1 saturated heterocycles. The number of allylic oxidation sites excluding steroid dienone is 2. The lowest BCUT2D eigenvalue weighted by Crippen LogP contribution is -2.61. The van der Waals surface area contributed by atoms with Gasteiger partial charge in [0.15, 0.2) is 6.29 Å². The van der Waals surface area contributed by atoms with Crippen molar-refractivity contribution < 1.29 is 51.8 Å². The SMILES string of the molecule is CCCCCCCCCCCCCC/C=C\CCCCCCCCCCCCCCCC(=O)NC(COC1OC(CO)C(O)C(OS(=O)(=O)O)C1O)C(O)CCCCCCCCCCCCCCCCCCCCC. The fourth-order valence-corrected chi connectivity index (χ4v) is 11.1. The molecule has 1 aliphatic heterocycles. The molecule has 0 aliphatic carbocycles. The van der Waals surface area contributed by atoms with E-state index in [0.717, 1.165) is 51.4 Å². The minimum absolute atomic E-state index is 0.223. The molecule has 75 heavy (non-hydrogen) atoms. The lowest BCUT2D eigenvalue weighted by molar-refractivity contribution is -0.298. The second kappa shape index (κ2) is 52.2. The van der Waals surface area contributed by atoms with Crippen LogP contribution in [0.25, 0.3) is 0 Å². The molecule has 1 amide bonds. The van der Waals surface area contributed by atoms with Gasteiger partial charge in [0.25, 0.3) is 0 Å². The number of nitrogens with one attached hydrogen (secondary N) is 1. The molecule has 1 aliphatic rings. The zero-order chi connectivity index (χ0) is 54.7. The highest BCUT2D eigenvalue weighted by atomic mass is 32.3. The van der Waals surface area contributed by atoms with Gasteiger partial charge in [0.05, 0.1) is 25.4 Å². The normalized spacial score (nSPS) is 19.1. The van der Waals surface area contributed by atoms with Crippen LogP contribution >= 0.6 is 0 Å². The Hall–Kier alpha value is -1.16. The van der Waals surface area contributed by atoms with Crippen molar-refractivity contribution in [3.8, 4) is 0 Å². The van der Waals surface area contributed by atoms with E-state index in [1.807, 2.05) is 0 Å². The highest BCUT2D eigenvalue weighted by molar-refractivity contribution is 7.80. The maximum Gasteiger partial charge on any atom is 0.397 e. The van der Waals surface area contributed by atoms with Gasteiger partial charge in [-0.25, -0.2) is 4.18 Å². The molecule has 1 fully saturated rings. The van der Waals surface area contributed by atoms with Crippen molar-refractivity contribution >= 4 is 16.3 Å². The number of ether oxygens (including phenoxy) is 2. The van der Waals surface area contributed by atoms with Gasteiger partial charge in [0, 0.05) is 6.42 Å². The molecule has 7 unspecified atom stereocenters. The number of carbonyl (C=O) groups is 1. The van der Waals surface area contributed by atoms with E-state index in [4.69, 9.17) is 9.47 Å². The number of hydrogen-bond acceptors (Lipinski definition) is 10. The average molecular weight is 1090 g/mol. The Labute approximate surface area is 461 Å². The van der Waals surface area contributed by atoms with Gasteiger partial charge >= 0.3 is 10.4 Å². The molecular weight excluding hydrogens is 967 g/mol. The Morgan fingerprint density at radius 1 is 0.520 bits per heavy atom. The summed E-state index contributed by atoms with van der Waals surface area (Å²) in [4.78, 5) is 13.2. The topological polar surface area (TPSA) is 192 Å². The van der Waals surface area contributed by atoms with E-state index in [2.05, 4.69) is 35.5 Å². The highest BCUT2D eigenvalue weighted by Gasteiger charge is 2.48. The van der Waals surface area contributed by atoms with Crippen LogP contribution in [0.5, 0.6) is 0 Å². The highest BCUT2D eigenvalue weighted by Crippen LogP contribution is 2.26. The number of hydrogen-bond donors (Lipinski definition) is 6. The maximum absolute atomic E-state index is 13.2. The van der Waals surface area contributed by atoms with Crippen molar-refractivity contribution in [1.29, 1.82) is 0 Å². The molecule has 1 rings (SSSR count). The fraction of sp³-hybridized carbons (Fsp3) is 0.952. The van der Waals surface area contributed by atoms with Gasteiger partial charge in [0.1, 0.15) is 24.4 Å². The first-order valence-electron chi connectivity index (χ1n) is 32.1. The van der Waals surface area contributed by atoms with Crippen LogP contribution in [0.4, 0.5) is 0 Å². The molecule has 0 aromatic carbocycles. The van der Waals surface area contributed by atoms with Crippen LogP contribution in [0.15, 0.2) is 12.2 Å². The molecular formula is C62H121NO11S. The van der Waals surface area contributed by atoms with Crippen molar-refractivity contribution in [3.05, 3.63) is 12.2 Å². The first-order chi connectivity index (χ1) is 36.5. The van der Waals surface area contributed by atoms with Crippen LogP contribution in [0.1, 0.15) is 322 Å². The van der Waals surface area contributed by atoms with Crippen molar-refractivity contribution in [3.63, 3.8) is 0 Å². The van der Waals surface area contributed by atoms with E-state index in [9.17, 15) is 38.2 Å². The minimum Gasteiger partial charge on any atom is -0.394 e. The summed E-state index contributed by atoms with van der Waals surface area (Å²) in [6, 6.07) is -0.856. The predicted molar refractivity (Wildman–Crippen MR) is 310 cm³/mol. The number of amides is 1. The second-order valence-corrected chi connectivity index (χ2v) is 23.8. The van der Waals surface area contributed by atoms with Crippen LogP contribution in [-0.2, 0) is 28.9 Å². The monoisotopic (exact) mass is 1090 g/mol. The predicted octanol–water partition coefficient (Wildman–Crippen LogP) is 15.8. The molecule has 12 nitrogen and oxygen atoms in total. The molecule has 0 bridgehead atoms. The van der Waals surface area contributed by atoms with Gasteiger partial charge in [-0.05, 0) is 38.5 Å². The summed E-state index contributed by atoms with van der Waals surface area (Å²) < 4.78 is 48.0. The lowest BCUT2D eigenvalue weighted by atomic mass is 9.99. The number of carbonyl (C=O) groups excluding carboxylic acids is 1. The smallest absolute Gasteiger partial charge is 0.394 e. The van der Waals surface area contributed by atoms with E-state index in [1.165, 1.54) is 244 Å².